The van der Waals surface area contributed by atoms with Crippen LogP contribution in [0.1, 0.15) is 28.0 Å². The van der Waals surface area contributed by atoms with Crippen LogP contribution in [-0.2, 0) is 6.42 Å². The second-order valence-electron chi connectivity index (χ2n) is 3.98. The predicted octanol–water partition coefficient (Wildman–Crippen LogP) is 1.90. The molecule has 0 fully saturated rings. The molecule has 2 heterocycles. The maximum atomic E-state index is 5.63. The zero-order valence-electron chi connectivity index (χ0n) is 9.97. The molecule has 0 spiro atoms. The van der Waals surface area contributed by atoms with Crippen molar-refractivity contribution >= 4 is 11.3 Å². The molecule has 2 rings (SSSR count). The fourth-order valence-corrected chi connectivity index (χ4v) is 2.52. The average molecular weight is 248 g/mol. The van der Waals surface area contributed by atoms with E-state index >= 15 is 0 Å². The van der Waals surface area contributed by atoms with E-state index in [0.717, 1.165) is 28.4 Å². The van der Waals surface area contributed by atoms with E-state index < -0.39 is 0 Å². The van der Waals surface area contributed by atoms with E-state index in [1.807, 2.05) is 31.5 Å². The van der Waals surface area contributed by atoms with Gasteiger partial charge in [-0.1, -0.05) is 6.07 Å². The maximum absolute atomic E-state index is 5.63. The molecule has 0 radical (unpaired) electrons. The van der Waals surface area contributed by atoms with Gasteiger partial charge in [-0.05, 0) is 25.5 Å². The first-order valence-electron chi connectivity index (χ1n) is 5.49. The molecule has 5 heteroatoms. The third kappa shape index (κ3) is 2.88. The van der Waals surface area contributed by atoms with E-state index in [0.29, 0.717) is 0 Å². The average Bonchev–Trinajstić information content (AvgIpc) is 2.79. The molecule has 0 saturated carbocycles. The standard InChI is InChI=1S/C12H16N4S/c1-8-3-4-10(9(2)15-8)11(16-13)7-12-14-5-6-17-12/h3-6,11,16H,7,13H2,1-2H3. The summed E-state index contributed by atoms with van der Waals surface area (Å²) in [4.78, 5) is 8.74. The van der Waals surface area contributed by atoms with Gasteiger partial charge in [0.1, 0.15) is 0 Å². The lowest BCUT2D eigenvalue weighted by Crippen LogP contribution is -2.30. The minimum absolute atomic E-state index is 0.0641. The van der Waals surface area contributed by atoms with Gasteiger partial charge in [0.25, 0.3) is 0 Å². The lowest BCUT2D eigenvalue weighted by molar-refractivity contribution is 0.545. The molecule has 4 nitrogen and oxygen atoms in total. The first-order chi connectivity index (χ1) is 8.20. The summed E-state index contributed by atoms with van der Waals surface area (Å²) >= 11 is 1.64. The van der Waals surface area contributed by atoms with Gasteiger partial charge in [0.15, 0.2) is 0 Å². The number of thiazole rings is 1. The molecule has 2 aromatic rings. The third-order valence-electron chi connectivity index (χ3n) is 2.70. The second kappa shape index (κ2) is 5.35. The number of hydrogen-bond acceptors (Lipinski definition) is 5. The summed E-state index contributed by atoms with van der Waals surface area (Å²) in [6, 6.07) is 4.15. The Morgan fingerprint density at radius 2 is 2.24 bits per heavy atom. The number of nitrogens with zero attached hydrogens (tertiary/aromatic N) is 2. The molecule has 0 amide bonds. The molecule has 0 saturated heterocycles. The first-order valence-corrected chi connectivity index (χ1v) is 6.37. The van der Waals surface area contributed by atoms with Crippen molar-refractivity contribution in [2.24, 2.45) is 5.84 Å². The fourth-order valence-electron chi connectivity index (χ4n) is 1.85. The van der Waals surface area contributed by atoms with Gasteiger partial charge in [0.05, 0.1) is 11.0 Å². The van der Waals surface area contributed by atoms with E-state index in [4.69, 9.17) is 5.84 Å². The zero-order chi connectivity index (χ0) is 12.3. The van der Waals surface area contributed by atoms with Gasteiger partial charge < -0.3 is 0 Å². The summed E-state index contributed by atoms with van der Waals surface area (Å²) in [5.41, 5.74) is 6.02. The molecule has 0 aliphatic heterocycles. The van der Waals surface area contributed by atoms with Gasteiger partial charge in [-0.15, -0.1) is 11.3 Å². The van der Waals surface area contributed by atoms with Crippen LogP contribution in [0.4, 0.5) is 0 Å². The molecular formula is C12H16N4S. The highest BCUT2D eigenvalue weighted by Crippen LogP contribution is 2.21. The van der Waals surface area contributed by atoms with Gasteiger partial charge >= 0.3 is 0 Å². The number of pyridine rings is 1. The third-order valence-corrected chi connectivity index (χ3v) is 3.51. The Hall–Kier alpha value is -1.30. The molecule has 0 aliphatic carbocycles. The molecule has 1 unspecified atom stereocenters. The van der Waals surface area contributed by atoms with Gasteiger partial charge in [0.2, 0.25) is 0 Å². The highest BCUT2D eigenvalue weighted by atomic mass is 32.1. The lowest BCUT2D eigenvalue weighted by Gasteiger charge is -2.17. The Morgan fingerprint density at radius 1 is 1.41 bits per heavy atom. The van der Waals surface area contributed by atoms with Gasteiger partial charge in [-0.25, -0.2) is 4.98 Å². The number of aromatic nitrogens is 2. The topological polar surface area (TPSA) is 63.8 Å². The molecule has 90 valence electrons. The number of nitrogens with one attached hydrogen (secondary N) is 1. The molecule has 2 aromatic heterocycles. The van der Waals surface area contributed by atoms with Crippen LogP contribution >= 0.6 is 11.3 Å². The van der Waals surface area contributed by atoms with E-state index in [2.05, 4.69) is 21.5 Å². The Balaban J connectivity index is 2.23. The smallest absolute Gasteiger partial charge is 0.0944 e. The molecule has 17 heavy (non-hydrogen) atoms. The molecular weight excluding hydrogens is 232 g/mol. The number of nitrogens with two attached hydrogens (primary N) is 1. The van der Waals surface area contributed by atoms with Crippen LogP contribution in [0, 0.1) is 13.8 Å². The highest BCUT2D eigenvalue weighted by Gasteiger charge is 2.14. The van der Waals surface area contributed by atoms with Crippen molar-refractivity contribution in [3.63, 3.8) is 0 Å². The summed E-state index contributed by atoms with van der Waals surface area (Å²) < 4.78 is 0. The lowest BCUT2D eigenvalue weighted by atomic mass is 10.0. The number of hydrazine groups is 1. The molecule has 3 N–H and O–H groups in total. The monoisotopic (exact) mass is 248 g/mol. The first kappa shape index (κ1) is 12.2. The van der Waals surface area contributed by atoms with Gasteiger partial charge in [-0.3, -0.25) is 16.3 Å². The van der Waals surface area contributed by atoms with Crippen molar-refractivity contribution < 1.29 is 0 Å². The van der Waals surface area contributed by atoms with Crippen LogP contribution in [0.3, 0.4) is 0 Å². The summed E-state index contributed by atoms with van der Waals surface area (Å²) in [6.07, 6.45) is 2.60. The van der Waals surface area contributed by atoms with E-state index in [9.17, 15) is 0 Å². The van der Waals surface area contributed by atoms with Crippen molar-refractivity contribution in [2.75, 3.05) is 0 Å². The van der Waals surface area contributed by atoms with Crippen LogP contribution in [0.5, 0.6) is 0 Å². The van der Waals surface area contributed by atoms with Crippen molar-refractivity contribution in [2.45, 2.75) is 26.3 Å². The SMILES string of the molecule is Cc1ccc(C(Cc2nccs2)NN)c(C)n1. The molecule has 1 atom stereocenters. The Kier molecular flexibility index (Phi) is 3.83. The van der Waals surface area contributed by atoms with E-state index in [1.165, 1.54) is 0 Å². The normalized spacial score (nSPS) is 12.6. The van der Waals surface area contributed by atoms with E-state index in [1.54, 1.807) is 11.3 Å². The Morgan fingerprint density at radius 3 is 2.82 bits per heavy atom. The molecule has 0 aliphatic rings. The van der Waals surface area contributed by atoms with Crippen LogP contribution < -0.4 is 11.3 Å². The van der Waals surface area contributed by atoms with Gasteiger partial charge in [-0.2, -0.15) is 0 Å². The van der Waals surface area contributed by atoms with Crippen LogP contribution in [0.15, 0.2) is 23.7 Å². The highest BCUT2D eigenvalue weighted by molar-refractivity contribution is 7.09. The minimum atomic E-state index is 0.0641. The van der Waals surface area contributed by atoms with Crippen LogP contribution in [0.2, 0.25) is 0 Å². The summed E-state index contributed by atoms with van der Waals surface area (Å²) in [7, 11) is 0. The summed E-state index contributed by atoms with van der Waals surface area (Å²) in [5.74, 6) is 5.63. The maximum Gasteiger partial charge on any atom is 0.0944 e. The molecule has 0 aromatic carbocycles. The van der Waals surface area contributed by atoms with Crippen molar-refractivity contribution in [1.29, 1.82) is 0 Å². The quantitative estimate of drug-likeness (QED) is 0.641. The van der Waals surface area contributed by atoms with Crippen LogP contribution in [0.25, 0.3) is 0 Å². The van der Waals surface area contributed by atoms with Crippen molar-refractivity contribution in [3.8, 4) is 0 Å². The van der Waals surface area contributed by atoms with Crippen molar-refractivity contribution in [3.05, 3.63) is 45.7 Å². The largest absolute Gasteiger partial charge is 0.271 e. The fraction of sp³-hybridized carbons (Fsp3) is 0.333. The number of rotatable bonds is 4. The van der Waals surface area contributed by atoms with Crippen LogP contribution in [-0.4, -0.2) is 9.97 Å². The summed E-state index contributed by atoms with van der Waals surface area (Å²) in [6.45, 7) is 4.00. The minimum Gasteiger partial charge on any atom is -0.271 e. The predicted molar refractivity (Wildman–Crippen MR) is 69.6 cm³/mol. The summed E-state index contributed by atoms with van der Waals surface area (Å²) in [5, 5.41) is 3.05. The Labute approximate surface area is 105 Å². The van der Waals surface area contributed by atoms with Crippen molar-refractivity contribution in [1.82, 2.24) is 15.4 Å². The number of hydrogen-bond donors (Lipinski definition) is 2. The van der Waals surface area contributed by atoms with Gasteiger partial charge in [0, 0.05) is 29.4 Å². The number of aryl methyl sites for hydroxylation is 2. The molecule has 0 bridgehead atoms. The zero-order valence-corrected chi connectivity index (χ0v) is 10.8. The van der Waals surface area contributed by atoms with E-state index in [-0.39, 0.29) is 6.04 Å². The Bertz CT molecular complexity index is 481. The second-order valence-corrected chi connectivity index (χ2v) is 4.96.